The van der Waals surface area contributed by atoms with Crippen LogP contribution in [0.3, 0.4) is 0 Å². The number of ether oxygens (including phenoxy) is 2. The zero-order valence-corrected chi connectivity index (χ0v) is 19.7. The first kappa shape index (κ1) is 24.1. The third-order valence-electron chi connectivity index (χ3n) is 4.77. The molecular formula is C21H29FIN5O2. The Morgan fingerprint density at radius 1 is 1.10 bits per heavy atom. The quantitative estimate of drug-likeness (QED) is 0.258. The van der Waals surface area contributed by atoms with Gasteiger partial charge in [-0.25, -0.2) is 9.37 Å². The molecule has 1 saturated heterocycles. The summed E-state index contributed by atoms with van der Waals surface area (Å²) in [5, 5.41) is 3.40. The molecule has 1 aliphatic heterocycles. The van der Waals surface area contributed by atoms with Gasteiger partial charge in [0.05, 0.1) is 6.61 Å². The van der Waals surface area contributed by atoms with Crippen LogP contribution in [0.1, 0.15) is 5.56 Å². The van der Waals surface area contributed by atoms with Gasteiger partial charge >= 0.3 is 0 Å². The minimum atomic E-state index is -0.207. The van der Waals surface area contributed by atoms with Gasteiger partial charge in [0.15, 0.2) is 5.96 Å². The van der Waals surface area contributed by atoms with Gasteiger partial charge in [-0.1, -0.05) is 6.07 Å². The van der Waals surface area contributed by atoms with Crippen molar-refractivity contribution in [3.05, 3.63) is 54.0 Å². The number of pyridine rings is 1. The van der Waals surface area contributed by atoms with E-state index >= 15 is 0 Å². The van der Waals surface area contributed by atoms with E-state index in [0.29, 0.717) is 25.6 Å². The minimum absolute atomic E-state index is 0. The van der Waals surface area contributed by atoms with Crippen molar-refractivity contribution in [2.75, 3.05) is 58.5 Å². The first-order chi connectivity index (χ1) is 14.2. The second kappa shape index (κ2) is 12.5. The largest absolute Gasteiger partial charge is 0.475 e. The lowest BCUT2D eigenvalue weighted by Gasteiger charge is -2.37. The molecule has 1 aromatic heterocycles. The van der Waals surface area contributed by atoms with Gasteiger partial charge < -0.3 is 24.6 Å². The van der Waals surface area contributed by atoms with Gasteiger partial charge in [-0.3, -0.25) is 4.99 Å². The number of nitrogens with one attached hydrogen (secondary N) is 1. The Hall–Kier alpha value is -2.14. The Morgan fingerprint density at radius 3 is 2.43 bits per heavy atom. The van der Waals surface area contributed by atoms with Gasteiger partial charge in [-0.05, 0) is 29.8 Å². The number of methoxy groups -OCH3 is 1. The molecule has 7 nitrogen and oxygen atoms in total. The highest BCUT2D eigenvalue weighted by Gasteiger charge is 2.19. The van der Waals surface area contributed by atoms with Crippen molar-refractivity contribution in [2.24, 2.45) is 4.99 Å². The van der Waals surface area contributed by atoms with Crippen LogP contribution in [0, 0.1) is 5.82 Å². The van der Waals surface area contributed by atoms with Crippen molar-refractivity contribution in [1.82, 2.24) is 15.2 Å². The molecule has 9 heteroatoms. The molecule has 0 atom stereocenters. The lowest BCUT2D eigenvalue weighted by Crippen LogP contribution is -2.52. The number of aromatic nitrogens is 1. The maximum Gasteiger partial charge on any atom is 0.213 e. The summed E-state index contributed by atoms with van der Waals surface area (Å²) < 4.78 is 23.6. The molecule has 2 aromatic rings. The number of anilines is 1. The number of benzene rings is 1. The second-order valence-corrected chi connectivity index (χ2v) is 6.70. The Kier molecular flexibility index (Phi) is 10.1. The average molecular weight is 529 g/mol. The fraction of sp³-hybridized carbons (Fsp3) is 0.429. The summed E-state index contributed by atoms with van der Waals surface area (Å²) in [6.45, 7) is 5.08. The molecular weight excluding hydrogens is 500 g/mol. The molecule has 1 aromatic carbocycles. The summed E-state index contributed by atoms with van der Waals surface area (Å²) in [4.78, 5) is 13.2. The van der Waals surface area contributed by atoms with Crippen molar-refractivity contribution in [3.8, 4) is 5.88 Å². The van der Waals surface area contributed by atoms with Crippen LogP contribution < -0.4 is 15.0 Å². The molecule has 0 unspecified atom stereocenters. The van der Waals surface area contributed by atoms with Crippen LogP contribution >= 0.6 is 24.0 Å². The molecule has 0 saturated carbocycles. The van der Waals surface area contributed by atoms with Crippen LogP contribution in [0.5, 0.6) is 5.88 Å². The van der Waals surface area contributed by atoms with Crippen molar-refractivity contribution in [2.45, 2.75) is 6.54 Å². The molecule has 0 bridgehead atoms. The molecule has 30 heavy (non-hydrogen) atoms. The first-order valence-electron chi connectivity index (χ1n) is 9.72. The Labute approximate surface area is 194 Å². The summed E-state index contributed by atoms with van der Waals surface area (Å²) in [6.07, 6.45) is 1.80. The summed E-state index contributed by atoms with van der Waals surface area (Å²) in [5.41, 5.74) is 2.10. The number of hydrogen-bond acceptors (Lipinski definition) is 5. The normalized spacial score (nSPS) is 14.3. The molecule has 2 heterocycles. The van der Waals surface area contributed by atoms with Crippen molar-refractivity contribution in [3.63, 3.8) is 0 Å². The minimum Gasteiger partial charge on any atom is -0.475 e. The molecule has 1 aliphatic rings. The van der Waals surface area contributed by atoms with E-state index in [1.54, 1.807) is 20.4 Å². The number of piperazine rings is 1. The highest BCUT2D eigenvalue weighted by molar-refractivity contribution is 14.0. The molecule has 1 fully saturated rings. The maximum atomic E-state index is 13.1. The monoisotopic (exact) mass is 529 g/mol. The Balaban J connectivity index is 0.00000320. The van der Waals surface area contributed by atoms with E-state index < -0.39 is 0 Å². The van der Waals surface area contributed by atoms with Crippen LogP contribution in [0.2, 0.25) is 0 Å². The number of halogens is 2. The molecule has 164 valence electrons. The Bertz CT molecular complexity index is 781. The standard InChI is InChI=1S/C21H28FN5O2.HI/c1-23-21(25-16-17-3-8-20(24-15-17)29-14-13-28-2)27-11-9-26(10-12-27)19-6-4-18(22)5-7-19;/h3-8,15H,9-14,16H2,1-2H3,(H,23,25);1H. The van der Waals surface area contributed by atoms with Crippen LogP contribution in [-0.4, -0.2) is 69.4 Å². The number of rotatable bonds is 7. The predicted molar refractivity (Wildman–Crippen MR) is 127 cm³/mol. The summed E-state index contributed by atoms with van der Waals surface area (Å²) in [7, 11) is 3.43. The topological polar surface area (TPSA) is 62.2 Å². The van der Waals surface area contributed by atoms with Crippen LogP contribution in [-0.2, 0) is 11.3 Å². The van der Waals surface area contributed by atoms with Gasteiger partial charge in [-0.15, -0.1) is 24.0 Å². The molecule has 1 N–H and O–H groups in total. The average Bonchev–Trinajstić information content (AvgIpc) is 2.76. The number of hydrogen-bond donors (Lipinski definition) is 1. The van der Waals surface area contributed by atoms with Crippen LogP contribution in [0.4, 0.5) is 10.1 Å². The summed E-state index contributed by atoms with van der Waals surface area (Å²) in [5.74, 6) is 1.25. The maximum absolute atomic E-state index is 13.1. The molecule has 3 rings (SSSR count). The fourth-order valence-corrected chi connectivity index (χ4v) is 3.17. The second-order valence-electron chi connectivity index (χ2n) is 6.70. The van der Waals surface area contributed by atoms with Crippen molar-refractivity contribution >= 4 is 35.6 Å². The molecule has 0 radical (unpaired) electrons. The van der Waals surface area contributed by atoms with Crippen molar-refractivity contribution < 1.29 is 13.9 Å². The SMILES string of the molecule is CN=C(NCc1ccc(OCCOC)nc1)N1CCN(c2ccc(F)cc2)CC1.I. The van der Waals surface area contributed by atoms with E-state index in [4.69, 9.17) is 9.47 Å². The van der Waals surface area contributed by atoms with E-state index in [0.717, 1.165) is 43.4 Å². The first-order valence-corrected chi connectivity index (χ1v) is 9.72. The van der Waals surface area contributed by atoms with E-state index in [9.17, 15) is 4.39 Å². The van der Waals surface area contributed by atoms with E-state index in [2.05, 4.69) is 25.1 Å². The summed E-state index contributed by atoms with van der Waals surface area (Å²) in [6, 6.07) is 10.5. The third-order valence-corrected chi connectivity index (χ3v) is 4.77. The Morgan fingerprint density at radius 2 is 1.83 bits per heavy atom. The van der Waals surface area contributed by atoms with Crippen LogP contribution in [0.15, 0.2) is 47.6 Å². The van der Waals surface area contributed by atoms with Crippen LogP contribution in [0.25, 0.3) is 0 Å². The fourth-order valence-electron chi connectivity index (χ4n) is 3.17. The zero-order valence-electron chi connectivity index (χ0n) is 17.4. The van der Waals surface area contributed by atoms with E-state index in [-0.39, 0.29) is 29.8 Å². The third kappa shape index (κ3) is 6.98. The zero-order chi connectivity index (χ0) is 20.5. The van der Waals surface area contributed by atoms with Gasteiger partial charge in [0.1, 0.15) is 12.4 Å². The van der Waals surface area contributed by atoms with Gasteiger partial charge in [0.25, 0.3) is 0 Å². The van der Waals surface area contributed by atoms with Crippen molar-refractivity contribution in [1.29, 1.82) is 0 Å². The number of aliphatic imine (C=N–C) groups is 1. The number of guanidine groups is 1. The predicted octanol–water partition coefficient (Wildman–Crippen LogP) is 2.76. The highest BCUT2D eigenvalue weighted by atomic mass is 127. The molecule has 0 aliphatic carbocycles. The van der Waals surface area contributed by atoms with Gasteiger partial charge in [0.2, 0.25) is 5.88 Å². The lowest BCUT2D eigenvalue weighted by molar-refractivity contribution is 0.143. The highest BCUT2D eigenvalue weighted by Crippen LogP contribution is 2.17. The molecule has 0 spiro atoms. The number of nitrogens with zero attached hydrogens (tertiary/aromatic N) is 4. The van der Waals surface area contributed by atoms with E-state index in [1.165, 1.54) is 12.1 Å². The smallest absolute Gasteiger partial charge is 0.213 e. The van der Waals surface area contributed by atoms with Gasteiger partial charge in [-0.2, -0.15) is 0 Å². The summed E-state index contributed by atoms with van der Waals surface area (Å²) >= 11 is 0. The molecule has 0 amide bonds. The van der Waals surface area contributed by atoms with E-state index in [1.807, 2.05) is 24.3 Å². The van der Waals surface area contributed by atoms with Gasteiger partial charge in [0, 0.05) is 64.8 Å². The lowest BCUT2D eigenvalue weighted by atomic mass is 10.2.